The highest BCUT2D eigenvalue weighted by Gasteiger charge is 2.24. The number of benzene rings is 1. The zero-order valence-corrected chi connectivity index (χ0v) is 15.1. The lowest BCUT2D eigenvalue weighted by Crippen LogP contribution is -2.42. The summed E-state index contributed by atoms with van der Waals surface area (Å²) in [5, 5.41) is 11.6. The van der Waals surface area contributed by atoms with Gasteiger partial charge in [-0.05, 0) is 31.9 Å². The van der Waals surface area contributed by atoms with Gasteiger partial charge in [0.2, 0.25) is 0 Å². The van der Waals surface area contributed by atoms with Crippen LogP contribution in [0.1, 0.15) is 19.8 Å². The summed E-state index contributed by atoms with van der Waals surface area (Å²) in [6.45, 7) is 3.57. The average Bonchev–Trinajstić information content (AvgIpc) is 2.69. The van der Waals surface area contributed by atoms with Gasteiger partial charge < -0.3 is 19.9 Å². The molecule has 26 heavy (non-hydrogen) atoms. The van der Waals surface area contributed by atoms with Crippen LogP contribution in [0.15, 0.2) is 36.5 Å². The quantitative estimate of drug-likeness (QED) is 0.882. The molecule has 2 heterocycles. The van der Waals surface area contributed by atoms with E-state index in [4.69, 9.17) is 4.74 Å². The zero-order chi connectivity index (χ0) is 18.4. The number of anilines is 3. The Labute approximate surface area is 153 Å². The van der Waals surface area contributed by atoms with Gasteiger partial charge in [-0.25, -0.2) is 4.79 Å². The Morgan fingerprint density at radius 1 is 1.31 bits per heavy atom. The Kier molecular flexibility index (Phi) is 5.83. The van der Waals surface area contributed by atoms with Crippen LogP contribution in [0.4, 0.5) is 22.2 Å². The van der Waals surface area contributed by atoms with Crippen molar-refractivity contribution in [3.8, 4) is 0 Å². The molecule has 0 bridgehead atoms. The maximum absolute atomic E-state index is 11.8. The van der Waals surface area contributed by atoms with Gasteiger partial charge in [0.25, 0.3) is 5.95 Å². The molecule has 0 spiro atoms. The molecule has 3 rings (SSSR count). The Balaban J connectivity index is 1.59. The summed E-state index contributed by atoms with van der Waals surface area (Å²) >= 11 is 0. The van der Waals surface area contributed by atoms with E-state index in [1.807, 2.05) is 49.2 Å². The molecule has 8 nitrogen and oxygen atoms in total. The van der Waals surface area contributed by atoms with Crippen molar-refractivity contribution in [3.05, 3.63) is 36.5 Å². The molecule has 1 aliphatic rings. The minimum absolute atomic E-state index is 0.235. The second-order valence-electron chi connectivity index (χ2n) is 6.14. The van der Waals surface area contributed by atoms with Gasteiger partial charge >= 0.3 is 6.09 Å². The summed E-state index contributed by atoms with van der Waals surface area (Å²) in [5.41, 5.74) is 0.995. The van der Waals surface area contributed by atoms with Crippen LogP contribution in [0.5, 0.6) is 0 Å². The first-order chi connectivity index (χ1) is 12.7. The number of ether oxygens (including phenoxy) is 1. The summed E-state index contributed by atoms with van der Waals surface area (Å²) in [4.78, 5) is 20.0. The number of amides is 1. The molecule has 0 aliphatic carbocycles. The molecule has 1 aromatic carbocycles. The molecule has 1 amide bonds. The van der Waals surface area contributed by atoms with E-state index in [-0.39, 0.29) is 12.1 Å². The Morgan fingerprint density at radius 3 is 2.73 bits per heavy atom. The van der Waals surface area contributed by atoms with E-state index < -0.39 is 0 Å². The third-order valence-electron chi connectivity index (χ3n) is 4.36. The van der Waals surface area contributed by atoms with Gasteiger partial charge in [0.15, 0.2) is 5.82 Å². The first-order valence-corrected chi connectivity index (χ1v) is 8.84. The molecular formula is C18H24N6O2. The van der Waals surface area contributed by atoms with E-state index in [0.29, 0.717) is 31.5 Å². The van der Waals surface area contributed by atoms with Crippen molar-refractivity contribution in [1.29, 1.82) is 0 Å². The maximum atomic E-state index is 11.8. The van der Waals surface area contributed by atoms with E-state index >= 15 is 0 Å². The van der Waals surface area contributed by atoms with Gasteiger partial charge in [0, 0.05) is 31.9 Å². The van der Waals surface area contributed by atoms with Gasteiger partial charge in [0.05, 0.1) is 12.8 Å². The van der Waals surface area contributed by atoms with Crippen LogP contribution in [0.3, 0.4) is 0 Å². The van der Waals surface area contributed by atoms with Crippen molar-refractivity contribution < 1.29 is 9.53 Å². The number of piperidine rings is 1. The van der Waals surface area contributed by atoms with Gasteiger partial charge in [-0.1, -0.05) is 18.2 Å². The summed E-state index contributed by atoms with van der Waals surface area (Å²) < 4.78 is 5.05. The van der Waals surface area contributed by atoms with E-state index in [9.17, 15) is 4.79 Å². The molecule has 1 aliphatic heterocycles. The average molecular weight is 356 g/mol. The van der Waals surface area contributed by atoms with Gasteiger partial charge in [0.1, 0.15) is 0 Å². The molecule has 0 unspecified atom stereocenters. The third kappa shape index (κ3) is 4.38. The van der Waals surface area contributed by atoms with Crippen LogP contribution in [-0.4, -0.2) is 59.0 Å². The number of para-hydroxylation sites is 1. The number of hydrogen-bond donors (Lipinski definition) is 1. The topological polar surface area (TPSA) is 83.5 Å². The molecule has 138 valence electrons. The molecule has 1 fully saturated rings. The maximum Gasteiger partial charge on any atom is 0.409 e. The largest absolute Gasteiger partial charge is 0.450 e. The third-order valence-corrected chi connectivity index (χ3v) is 4.36. The molecule has 1 N–H and O–H groups in total. The summed E-state index contributed by atoms with van der Waals surface area (Å²) in [7, 11) is 1.91. The van der Waals surface area contributed by atoms with Crippen LogP contribution in [0.25, 0.3) is 0 Å². The smallest absolute Gasteiger partial charge is 0.409 e. The number of rotatable bonds is 5. The predicted molar refractivity (Wildman–Crippen MR) is 99.6 cm³/mol. The van der Waals surface area contributed by atoms with E-state index in [2.05, 4.69) is 20.5 Å². The second kappa shape index (κ2) is 8.46. The van der Waals surface area contributed by atoms with Crippen molar-refractivity contribution in [1.82, 2.24) is 20.1 Å². The zero-order valence-electron chi connectivity index (χ0n) is 15.1. The minimum atomic E-state index is -0.235. The normalized spacial score (nSPS) is 14.8. The fraction of sp³-hybridized carbons (Fsp3) is 0.444. The summed E-state index contributed by atoms with van der Waals surface area (Å²) in [6, 6.07) is 10.1. The number of hydrogen-bond acceptors (Lipinski definition) is 7. The molecule has 2 aromatic rings. The Morgan fingerprint density at radius 2 is 2.04 bits per heavy atom. The van der Waals surface area contributed by atoms with Crippen molar-refractivity contribution >= 4 is 23.5 Å². The minimum Gasteiger partial charge on any atom is -0.450 e. The van der Waals surface area contributed by atoms with Gasteiger partial charge in [-0.3, -0.25) is 0 Å². The summed E-state index contributed by atoms with van der Waals surface area (Å²) in [6.07, 6.45) is 3.07. The molecular weight excluding hydrogens is 332 g/mol. The lowest BCUT2D eigenvalue weighted by molar-refractivity contribution is 0.0983. The van der Waals surface area contributed by atoms with E-state index in [1.165, 1.54) is 0 Å². The number of carbonyl (C=O) groups excluding carboxylic acids is 1. The molecule has 8 heteroatoms. The number of carbonyl (C=O) groups is 1. The van der Waals surface area contributed by atoms with Crippen molar-refractivity contribution in [2.24, 2.45) is 0 Å². The molecule has 1 aromatic heterocycles. The number of aromatic nitrogens is 3. The lowest BCUT2D eigenvalue weighted by atomic mass is 10.1. The van der Waals surface area contributed by atoms with Crippen LogP contribution in [0, 0.1) is 0 Å². The standard InChI is InChI=1S/C18H24N6O2/c1-3-26-18(25)24-11-9-14(10-12-24)20-16-13-19-22-17(21-16)23(2)15-7-5-4-6-8-15/h4-8,13-14H,3,9-12H2,1-2H3,(H,20,21,22). The highest BCUT2D eigenvalue weighted by molar-refractivity contribution is 5.67. The summed E-state index contributed by atoms with van der Waals surface area (Å²) in [5.74, 6) is 1.22. The Hall–Kier alpha value is -2.90. The second-order valence-corrected chi connectivity index (χ2v) is 6.14. The molecule has 0 saturated carbocycles. The van der Waals surface area contributed by atoms with Crippen LogP contribution < -0.4 is 10.2 Å². The fourth-order valence-electron chi connectivity index (χ4n) is 2.90. The highest BCUT2D eigenvalue weighted by atomic mass is 16.6. The van der Waals surface area contributed by atoms with Crippen molar-refractivity contribution in [2.75, 3.05) is 37.0 Å². The van der Waals surface area contributed by atoms with Gasteiger partial charge in [-0.2, -0.15) is 10.1 Å². The monoisotopic (exact) mass is 356 g/mol. The van der Waals surface area contributed by atoms with Crippen LogP contribution in [0.2, 0.25) is 0 Å². The predicted octanol–water partition coefficient (Wildman–Crippen LogP) is 2.67. The number of nitrogens with zero attached hydrogens (tertiary/aromatic N) is 5. The molecule has 1 saturated heterocycles. The molecule has 0 atom stereocenters. The van der Waals surface area contributed by atoms with Crippen LogP contribution >= 0.6 is 0 Å². The Bertz CT molecular complexity index is 719. The van der Waals surface area contributed by atoms with Crippen molar-refractivity contribution in [3.63, 3.8) is 0 Å². The SMILES string of the molecule is CCOC(=O)N1CCC(Nc2cnnc(N(C)c3ccccc3)n2)CC1. The molecule has 0 radical (unpaired) electrons. The van der Waals surface area contributed by atoms with E-state index in [0.717, 1.165) is 18.5 Å². The first-order valence-electron chi connectivity index (χ1n) is 8.84. The number of nitrogens with one attached hydrogen (secondary N) is 1. The highest BCUT2D eigenvalue weighted by Crippen LogP contribution is 2.21. The van der Waals surface area contributed by atoms with Crippen molar-refractivity contribution in [2.45, 2.75) is 25.8 Å². The first kappa shape index (κ1) is 17.9. The van der Waals surface area contributed by atoms with Gasteiger partial charge in [-0.15, -0.1) is 5.10 Å². The number of likely N-dealkylation sites (tertiary alicyclic amines) is 1. The lowest BCUT2D eigenvalue weighted by Gasteiger charge is -2.31. The fourth-order valence-corrected chi connectivity index (χ4v) is 2.90. The van der Waals surface area contributed by atoms with E-state index in [1.54, 1.807) is 11.1 Å². The van der Waals surface area contributed by atoms with Crippen LogP contribution in [-0.2, 0) is 4.74 Å².